The van der Waals surface area contributed by atoms with Crippen molar-refractivity contribution in [2.24, 2.45) is 0 Å². The number of carbonyl (C=O) groups excluding carboxylic acids is 1. The summed E-state index contributed by atoms with van der Waals surface area (Å²) in [4.78, 5) is 12.0. The summed E-state index contributed by atoms with van der Waals surface area (Å²) in [6.45, 7) is 2.21. The highest BCUT2D eigenvalue weighted by atomic mass is 35.5. The number of rotatable bonds is 6. The molecule has 1 atom stereocenters. The molecule has 0 bridgehead atoms. The Balaban J connectivity index is 1.88. The number of halogens is 1. The summed E-state index contributed by atoms with van der Waals surface area (Å²) < 4.78 is 5.20. The fourth-order valence-corrected chi connectivity index (χ4v) is 2.18. The van der Waals surface area contributed by atoms with E-state index in [0.717, 1.165) is 5.56 Å². The third-order valence-corrected chi connectivity index (χ3v) is 3.57. The van der Waals surface area contributed by atoms with Crippen molar-refractivity contribution in [2.45, 2.75) is 13.0 Å². The summed E-state index contributed by atoms with van der Waals surface area (Å²) in [6, 6.07) is 14.9. The fourth-order valence-electron chi connectivity index (χ4n) is 2.06. The van der Waals surface area contributed by atoms with E-state index in [9.17, 15) is 4.79 Å². The Morgan fingerprint density at radius 2 is 1.86 bits per heavy atom. The first-order chi connectivity index (χ1) is 10.6. The van der Waals surface area contributed by atoms with E-state index in [1.165, 1.54) is 0 Å². The van der Waals surface area contributed by atoms with Crippen molar-refractivity contribution >= 4 is 23.2 Å². The number of carbonyl (C=O) groups is 1. The monoisotopic (exact) mass is 318 g/mol. The number of ether oxygens (including phenoxy) is 1. The van der Waals surface area contributed by atoms with Crippen LogP contribution in [0.3, 0.4) is 0 Å². The van der Waals surface area contributed by atoms with E-state index in [0.29, 0.717) is 16.5 Å². The molecular weight excluding hydrogens is 300 g/mol. The van der Waals surface area contributed by atoms with E-state index in [1.807, 2.05) is 43.3 Å². The molecule has 0 saturated carbocycles. The summed E-state index contributed by atoms with van der Waals surface area (Å²) in [5, 5.41) is 6.71. The second-order valence-electron chi connectivity index (χ2n) is 4.90. The average Bonchev–Trinajstić information content (AvgIpc) is 2.54. The van der Waals surface area contributed by atoms with E-state index >= 15 is 0 Å². The quantitative estimate of drug-likeness (QED) is 0.855. The average molecular weight is 319 g/mol. The molecular formula is C17H19ClN2O2. The van der Waals surface area contributed by atoms with Crippen LogP contribution in [0, 0.1) is 0 Å². The van der Waals surface area contributed by atoms with E-state index in [1.54, 1.807) is 19.2 Å². The molecule has 0 aliphatic carbocycles. The number of amides is 1. The van der Waals surface area contributed by atoms with Gasteiger partial charge in [0.25, 0.3) is 0 Å². The van der Waals surface area contributed by atoms with Crippen LogP contribution >= 0.6 is 11.6 Å². The normalized spacial score (nSPS) is 11.8. The SMILES string of the molecule is COc1ccccc1NC(=O)CN[C@H](C)c1ccc(Cl)cc1. The highest BCUT2D eigenvalue weighted by Crippen LogP contribution is 2.22. The van der Waals surface area contributed by atoms with E-state index in [2.05, 4.69) is 10.6 Å². The van der Waals surface area contributed by atoms with Crippen LogP contribution in [0.5, 0.6) is 5.75 Å². The van der Waals surface area contributed by atoms with Crippen LogP contribution in [0.15, 0.2) is 48.5 Å². The Morgan fingerprint density at radius 3 is 2.55 bits per heavy atom. The molecule has 0 unspecified atom stereocenters. The maximum Gasteiger partial charge on any atom is 0.238 e. The van der Waals surface area contributed by atoms with Crippen molar-refractivity contribution in [2.75, 3.05) is 19.0 Å². The standard InChI is InChI=1S/C17H19ClN2O2/c1-12(13-7-9-14(18)10-8-13)19-11-17(21)20-15-5-3-4-6-16(15)22-2/h3-10,12,19H,11H2,1-2H3,(H,20,21)/t12-/m1/s1. The second-order valence-corrected chi connectivity index (χ2v) is 5.34. The second kappa shape index (κ2) is 7.82. The molecule has 0 radical (unpaired) electrons. The predicted molar refractivity (Wildman–Crippen MR) is 89.5 cm³/mol. The number of para-hydroxylation sites is 2. The maximum atomic E-state index is 12.0. The number of benzene rings is 2. The number of anilines is 1. The molecule has 22 heavy (non-hydrogen) atoms. The lowest BCUT2D eigenvalue weighted by molar-refractivity contribution is -0.115. The molecule has 0 aromatic heterocycles. The zero-order chi connectivity index (χ0) is 15.9. The van der Waals surface area contributed by atoms with Gasteiger partial charge in [-0.3, -0.25) is 4.79 Å². The van der Waals surface area contributed by atoms with Gasteiger partial charge in [0, 0.05) is 11.1 Å². The summed E-state index contributed by atoms with van der Waals surface area (Å²) >= 11 is 5.87. The predicted octanol–water partition coefficient (Wildman–Crippen LogP) is 3.64. The minimum Gasteiger partial charge on any atom is -0.495 e. The molecule has 0 saturated heterocycles. The summed E-state index contributed by atoms with van der Waals surface area (Å²) in [6.07, 6.45) is 0. The largest absolute Gasteiger partial charge is 0.495 e. The minimum atomic E-state index is -0.120. The van der Waals surface area contributed by atoms with Gasteiger partial charge < -0.3 is 15.4 Å². The molecule has 0 fully saturated rings. The summed E-state index contributed by atoms with van der Waals surface area (Å²) in [7, 11) is 1.58. The first-order valence-corrected chi connectivity index (χ1v) is 7.39. The Bertz CT molecular complexity index is 629. The van der Waals surface area contributed by atoms with E-state index < -0.39 is 0 Å². The summed E-state index contributed by atoms with van der Waals surface area (Å²) in [5.41, 5.74) is 1.74. The van der Waals surface area contributed by atoms with Gasteiger partial charge in [-0.05, 0) is 36.8 Å². The molecule has 1 amide bonds. The van der Waals surface area contributed by atoms with E-state index in [-0.39, 0.29) is 18.5 Å². The van der Waals surface area contributed by atoms with Crippen LogP contribution in [0.25, 0.3) is 0 Å². The lowest BCUT2D eigenvalue weighted by Gasteiger charge is -2.15. The lowest BCUT2D eigenvalue weighted by atomic mass is 10.1. The first kappa shape index (κ1) is 16.3. The van der Waals surface area contributed by atoms with Gasteiger partial charge in [0.1, 0.15) is 5.75 Å². The zero-order valence-electron chi connectivity index (χ0n) is 12.6. The zero-order valence-corrected chi connectivity index (χ0v) is 13.4. The maximum absolute atomic E-state index is 12.0. The van der Waals surface area contributed by atoms with Crippen molar-refractivity contribution in [1.29, 1.82) is 0 Å². The molecule has 0 heterocycles. The Kier molecular flexibility index (Phi) is 5.81. The molecule has 2 rings (SSSR count). The number of nitrogens with one attached hydrogen (secondary N) is 2. The molecule has 116 valence electrons. The van der Waals surface area contributed by atoms with Gasteiger partial charge in [-0.1, -0.05) is 35.9 Å². The van der Waals surface area contributed by atoms with Crippen LogP contribution in [0.1, 0.15) is 18.5 Å². The molecule has 0 aliphatic rings. The highest BCUT2D eigenvalue weighted by molar-refractivity contribution is 6.30. The lowest BCUT2D eigenvalue weighted by Crippen LogP contribution is -2.30. The van der Waals surface area contributed by atoms with Crippen LogP contribution < -0.4 is 15.4 Å². The van der Waals surface area contributed by atoms with Crippen LogP contribution in [-0.4, -0.2) is 19.6 Å². The Morgan fingerprint density at radius 1 is 1.18 bits per heavy atom. The Labute approximate surface area is 135 Å². The molecule has 2 aromatic rings. The first-order valence-electron chi connectivity index (χ1n) is 7.02. The number of hydrogen-bond donors (Lipinski definition) is 2. The van der Waals surface area contributed by atoms with Crippen molar-refractivity contribution in [1.82, 2.24) is 5.32 Å². The van der Waals surface area contributed by atoms with Gasteiger partial charge in [-0.25, -0.2) is 0 Å². The van der Waals surface area contributed by atoms with Crippen LogP contribution in [0.2, 0.25) is 5.02 Å². The van der Waals surface area contributed by atoms with Crippen molar-refractivity contribution < 1.29 is 9.53 Å². The Hall–Kier alpha value is -2.04. The van der Waals surface area contributed by atoms with Crippen LogP contribution in [-0.2, 0) is 4.79 Å². The molecule has 5 heteroatoms. The van der Waals surface area contributed by atoms with Crippen molar-refractivity contribution in [3.63, 3.8) is 0 Å². The minimum absolute atomic E-state index is 0.0562. The summed E-state index contributed by atoms with van der Waals surface area (Å²) in [5.74, 6) is 0.520. The van der Waals surface area contributed by atoms with Gasteiger partial charge in [-0.2, -0.15) is 0 Å². The van der Waals surface area contributed by atoms with Gasteiger partial charge in [0.15, 0.2) is 0 Å². The molecule has 2 aromatic carbocycles. The third kappa shape index (κ3) is 4.48. The van der Waals surface area contributed by atoms with E-state index in [4.69, 9.17) is 16.3 Å². The molecule has 2 N–H and O–H groups in total. The molecule has 4 nitrogen and oxygen atoms in total. The highest BCUT2D eigenvalue weighted by Gasteiger charge is 2.09. The van der Waals surface area contributed by atoms with Gasteiger partial charge in [-0.15, -0.1) is 0 Å². The van der Waals surface area contributed by atoms with Crippen molar-refractivity contribution in [3.8, 4) is 5.75 Å². The topological polar surface area (TPSA) is 50.4 Å². The van der Waals surface area contributed by atoms with Gasteiger partial charge in [0.2, 0.25) is 5.91 Å². The smallest absolute Gasteiger partial charge is 0.238 e. The van der Waals surface area contributed by atoms with Gasteiger partial charge in [0.05, 0.1) is 19.3 Å². The van der Waals surface area contributed by atoms with Crippen molar-refractivity contribution in [3.05, 3.63) is 59.1 Å². The third-order valence-electron chi connectivity index (χ3n) is 3.32. The molecule has 0 spiro atoms. The van der Waals surface area contributed by atoms with Gasteiger partial charge >= 0.3 is 0 Å². The molecule has 0 aliphatic heterocycles. The fraction of sp³-hybridized carbons (Fsp3) is 0.235. The van der Waals surface area contributed by atoms with Crippen LogP contribution in [0.4, 0.5) is 5.69 Å². The number of hydrogen-bond acceptors (Lipinski definition) is 3. The number of methoxy groups -OCH3 is 1.